The maximum Gasteiger partial charge on any atom is 0.114 e. The van der Waals surface area contributed by atoms with Crippen LogP contribution in [0, 0.1) is 0 Å². The Morgan fingerprint density at radius 3 is 2.25 bits per heavy atom. The summed E-state index contributed by atoms with van der Waals surface area (Å²) in [6, 6.07) is 1.88. The first-order valence-electron chi connectivity index (χ1n) is 2.17. The predicted molar refractivity (Wildman–Crippen MR) is 41.0 cm³/mol. The van der Waals surface area contributed by atoms with Crippen LogP contribution in [0.2, 0.25) is 0 Å². The van der Waals surface area contributed by atoms with Gasteiger partial charge in [0.1, 0.15) is 7.85 Å². The highest BCUT2D eigenvalue weighted by atomic mass is 32.1. The van der Waals surface area contributed by atoms with E-state index in [2.05, 4.69) is 13.2 Å². The zero-order chi connectivity index (χ0) is 6.41. The topological polar surface area (TPSA) is 0 Å². The average Bonchev–Trinajstić information content (AvgIpc) is 2.24. The van der Waals surface area contributed by atoms with E-state index in [1.807, 2.05) is 16.8 Å². The van der Waals surface area contributed by atoms with Crippen LogP contribution >= 0.6 is 11.3 Å². The van der Waals surface area contributed by atoms with Crippen molar-refractivity contribution in [3.63, 3.8) is 0 Å². The normalized spacial score (nSPS) is 7.00. The molecule has 0 bridgehead atoms. The Morgan fingerprint density at radius 1 is 1.50 bits per heavy atom. The first kappa shape index (κ1) is 7.50. The lowest BCUT2D eigenvalue weighted by molar-refractivity contribution is 2.15. The van der Waals surface area contributed by atoms with Crippen LogP contribution in [0.25, 0.3) is 0 Å². The van der Waals surface area contributed by atoms with Gasteiger partial charge in [-0.15, -0.1) is 13.2 Å². The van der Waals surface area contributed by atoms with Crippen LogP contribution in [-0.4, -0.2) is 7.85 Å². The summed E-state index contributed by atoms with van der Waals surface area (Å²) in [7, 11) is 5.29. The summed E-state index contributed by atoms with van der Waals surface area (Å²) in [5, 5.41) is 3.86. The highest BCUT2D eigenvalue weighted by Crippen LogP contribution is 1.88. The fourth-order valence-corrected chi connectivity index (χ4v) is 0.825. The van der Waals surface area contributed by atoms with Crippen molar-refractivity contribution >= 4 is 24.6 Å². The maximum absolute atomic E-state index is 5.29. The molecule has 0 atom stereocenters. The van der Waals surface area contributed by atoms with E-state index < -0.39 is 0 Å². The molecule has 0 saturated carbocycles. The SMILES string of the molecule is C=C.[B]c1ccsc1. The molecule has 0 nitrogen and oxygen atoms in total. The summed E-state index contributed by atoms with van der Waals surface area (Å²) in [6.45, 7) is 6.00. The molecule has 0 N–H and O–H groups in total. The van der Waals surface area contributed by atoms with Crippen LogP contribution in [0.4, 0.5) is 0 Å². The van der Waals surface area contributed by atoms with Gasteiger partial charge in [0.15, 0.2) is 0 Å². The zero-order valence-electron chi connectivity index (χ0n) is 4.63. The molecule has 1 aromatic rings. The number of hydrogen-bond acceptors (Lipinski definition) is 1. The smallest absolute Gasteiger partial charge is 0.114 e. The fraction of sp³-hybridized carbons (Fsp3) is 0. The van der Waals surface area contributed by atoms with Crippen molar-refractivity contribution in [1.82, 2.24) is 0 Å². The van der Waals surface area contributed by atoms with E-state index in [9.17, 15) is 0 Å². The Balaban J connectivity index is 0.000000222. The molecule has 0 fully saturated rings. The van der Waals surface area contributed by atoms with Crippen molar-refractivity contribution in [2.45, 2.75) is 0 Å². The molecule has 1 rings (SSSR count). The largest absolute Gasteiger partial charge is 0.153 e. The molecule has 0 aliphatic heterocycles. The molecule has 2 heteroatoms. The van der Waals surface area contributed by atoms with Gasteiger partial charge in [-0.25, -0.2) is 0 Å². The van der Waals surface area contributed by atoms with Crippen molar-refractivity contribution in [1.29, 1.82) is 0 Å². The van der Waals surface area contributed by atoms with E-state index in [0.29, 0.717) is 0 Å². The Morgan fingerprint density at radius 2 is 2.12 bits per heavy atom. The maximum atomic E-state index is 5.29. The molecule has 0 aliphatic carbocycles. The second-order valence-electron chi connectivity index (χ2n) is 1.06. The van der Waals surface area contributed by atoms with Crippen LogP contribution in [0.3, 0.4) is 0 Å². The molecule has 1 aromatic heterocycles. The van der Waals surface area contributed by atoms with Gasteiger partial charge in [0, 0.05) is 0 Å². The fourth-order valence-electron chi connectivity index (χ4n) is 0.275. The third-order valence-electron chi connectivity index (χ3n) is 0.543. The summed E-state index contributed by atoms with van der Waals surface area (Å²) in [6.07, 6.45) is 0. The Hall–Kier alpha value is -0.495. The van der Waals surface area contributed by atoms with Crippen molar-refractivity contribution in [3.05, 3.63) is 30.0 Å². The van der Waals surface area contributed by atoms with Gasteiger partial charge in [-0.2, -0.15) is 11.3 Å². The van der Waals surface area contributed by atoms with Crippen LogP contribution in [0.1, 0.15) is 0 Å². The van der Waals surface area contributed by atoms with Crippen LogP contribution in [0.5, 0.6) is 0 Å². The molecule has 2 radical (unpaired) electrons. The monoisotopic (exact) mass is 122 g/mol. The Bertz CT molecular complexity index is 123. The molecule has 0 aliphatic rings. The van der Waals surface area contributed by atoms with Gasteiger partial charge in [0.25, 0.3) is 0 Å². The lowest BCUT2D eigenvalue weighted by atomic mass is 10.0. The highest BCUT2D eigenvalue weighted by molar-refractivity contribution is 7.08. The Labute approximate surface area is 55.3 Å². The minimum Gasteiger partial charge on any atom is -0.153 e. The molecular weight excluding hydrogens is 115 g/mol. The van der Waals surface area contributed by atoms with E-state index in [1.54, 1.807) is 11.3 Å². The lowest BCUT2D eigenvalue weighted by Gasteiger charge is -1.65. The van der Waals surface area contributed by atoms with Gasteiger partial charge >= 0.3 is 0 Å². The van der Waals surface area contributed by atoms with Crippen LogP contribution in [0.15, 0.2) is 30.0 Å². The molecule has 40 valence electrons. The lowest BCUT2D eigenvalue weighted by Crippen LogP contribution is -1.91. The quantitative estimate of drug-likeness (QED) is 0.359. The first-order chi connectivity index (χ1) is 3.89. The van der Waals surface area contributed by atoms with E-state index in [-0.39, 0.29) is 0 Å². The van der Waals surface area contributed by atoms with Crippen LogP contribution in [-0.2, 0) is 0 Å². The molecule has 0 saturated heterocycles. The van der Waals surface area contributed by atoms with Crippen molar-refractivity contribution in [2.75, 3.05) is 0 Å². The summed E-state index contributed by atoms with van der Waals surface area (Å²) in [4.78, 5) is 0. The van der Waals surface area contributed by atoms with Crippen molar-refractivity contribution < 1.29 is 0 Å². The van der Waals surface area contributed by atoms with Gasteiger partial charge in [-0.1, -0.05) is 11.5 Å². The predicted octanol–water partition coefficient (Wildman–Crippen LogP) is 1.34. The molecular formula is C6H7BS. The molecule has 0 unspecified atom stereocenters. The zero-order valence-corrected chi connectivity index (χ0v) is 5.45. The van der Waals surface area contributed by atoms with E-state index >= 15 is 0 Å². The molecule has 1 heterocycles. The summed E-state index contributed by atoms with van der Waals surface area (Å²) < 4.78 is 0. The second-order valence-corrected chi connectivity index (χ2v) is 1.84. The number of rotatable bonds is 0. The van der Waals surface area contributed by atoms with E-state index in [0.717, 1.165) is 5.46 Å². The highest BCUT2D eigenvalue weighted by Gasteiger charge is 1.74. The standard InChI is InChI=1S/C4H3BS.C2H4/c5-4-1-2-6-3-4;1-2/h1-3H;1-2H2. The molecule has 0 aromatic carbocycles. The molecule has 0 spiro atoms. The van der Waals surface area contributed by atoms with Gasteiger partial charge in [-0.05, 0) is 10.8 Å². The minimum absolute atomic E-state index is 0.861. The number of hydrogen-bond donors (Lipinski definition) is 0. The number of thiophene rings is 1. The summed E-state index contributed by atoms with van der Waals surface area (Å²) >= 11 is 1.61. The third-order valence-corrected chi connectivity index (χ3v) is 1.24. The van der Waals surface area contributed by atoms with Gasteiger partial charge in [-0.3, -0.25) is 0 Å². The first-order valence-corrected chi connectivity index (χ1v) is 3.11. The van der Waals surface area contributed by atoms with Crippen LogP contribution < -0.4 is 5.46 Å². The van der Waals surface area contributed by atoms with Gasteiger partial charge < -0.3 is 0 Å². The van der Waals surface area contributed by atoms with Gasteiger partial charge in [0.2, 0.25) is 0 Å². The molecule has 8 heavy (non-hydrogen) atoms. The Kier molecular flexibility index (Phi) is 4.37. The van der Waals surface area contributed by atoms with Gasteiger partial charge in [0.05, 0.1) is 0 Å². The minimum atomic E-state index is 0.861. The third kappa shape index (κ3) is 2.64. The average molecular weight is 122 g/mol. The van der Waals surface area contributed by atoms with E-state index in [4.69, 9.17) is 7.85 Å². The molecule has 0 amide bonds. The summed E-state index contributed by atoms with van der Waals surface area (Å²) in [5.41, 5.74) is 0.861. The second kappa shape index (κ2) is 4.66. The van der Waals surface area contributed by atoms with Crippen molar-refractivity contribution in [3.8, 4) is 0 Å². The van der Waals surface area contributed by atoms with E-state index in [1.165, 1.54) is 0 Å². The van der Waals surface area contributed by atoms with Crippen molar-refractivity contribution in [2.24, 2.45) is 0 Å². The summed E-state index contributed by atoms with van der Waals surface area (Å²) in [5.74, 6) is 0.